The molecule has 14 heavy (non-hydrogen) atoms. The van der Waals surface area contributed by atoms with E-state index >= 15 is 0 Å². The predicted molar refractivity (Wildman–Crippen MR) is 57.2 cm³/mol. The van der Waals surface area contributed by atoms with Gasteiger partial charge in [-0.05, 0) is 19.9 Å². The first-order valence-corrected chi connectivity index (χ1v) is 4.53. The van der Waals surface area contributed by atoms with E-state index in [2.05, 4.69) is 11.1 Å². The molecular weight excluding hydrogens is 174 g/mol. The van der Waals surface area contributed by atoms with Gasteiger partial charge in [0.25, 0.3) is 0 Å². The molecule has 0 atom stereocenters. The lowest BCUT2D eigenvalue weighted by Gasteiger charge is -2.22. The Labute approximate surface area is 85.0 Å². The zero-order valence-corrected chi connectivity index (χ0v) is 9.07. The summed E-state index contributed by atoms with van der Waals surface area (Å²) in [6.45, 7) is 3.80. The van der Waals surface area contributed by atoms with Crippen LogP contribution in [0.25, 0.3) is 0 Å². The summed E-state index contributed by atoms with van der Waals surface area (Å²) in [5.74, 6) is 0.860. The Hall–Kier alpha value is -1.56. The lowest BCUT2D eigenvalue weighted by molar-refractivity contribution is 0.680. The lowest BCUT2D eigenvalue weighted by Crippen LogP contribution is -2.21. The highest BCUT2D eigenvalue weighted by atomic mass is 15.1. The van der Waals surface area contributed by atoms with Crippen LogP contribution in [0.4, 0.5) is 5.82 Å². The summed E-state index contributed by atoms with van der Waals surface area (Å²) in [6, 6.07) is 6.10. The van der Waals surface area contributed by atoms with Crippen molar-refractivity contribution in [3.63, 3.8) is 0 Å². The Kier molecular flexibility index (Phi) is 2.76. The maximum atomic E-state index is 9.06. The minimum Gasteiger partial charge on any atom is -0.362 e. The Balaban J connectivity index is 3.29. The Morgan fingerprint density at radius 1 is 1.43 bits per heavy atom. The second-order valence-electron chi connectivity index (χ2n) is 4.01. The van der Waals surface area contributed by atoms with Crippen LogP contribution < -0.4 is 4.90 Å². The minimum absolute atomic E-state index is 0.492. The highest BCUT2D eigenvalue weighted by molar-refractivity contribution is 5.51. The molecule has 0 radical (unpaired) electrons. The molecule has 0 N–H and O–H groups in total. The van der Waals surface area contributed by atoms with Crippen molar-refractivity contribution >= 4 is 5.82 Å². The molecule has 0 aliphatic carbocycles. The van der Waals surface area contributed by atoms with E-state index in [1.807, 2.05) is 45.0 Å². The summed E-state index contributed by atoms with van der Waals surface area (Å²) in [6.07, 6.45) is 1.74. The summed E-state index contributed by atoms with van der Waals surface area (Å²) in [4.78, 5) is 6.19. The van der Waals surface area contributed by atoms with E-state index < -0.39 is 5.41 Å². The molecule has 0 saturated heterocycles. The molecule has 1 aromatic rings. The molecule has 74 valence electrons. The molecule has 0 aliphatic rings. The van der Waals surface area contributed by atoms with Crippen LogP contribution in [0.3, 0.4) is 0 Å². The molecule has 0 saturated carbocycles. The largest absolute Gasteiger partial charge is 0.362 e. The van der Waals surface area contributed by atoms with E-state index in [9.17, 15) is 0 Å². The Bertz CT molecular complexity index is 361. The normalized spacial score (nSPS) is 10.8. The SMILES string of the molecule is CN(C)c1ncccc1C(C)(C)C#N. The van der Waals surface area contributed by atoms with Crippen LogP contribution in [0.15, 0.2) is 18.3 Å². The molecule has 1 aromatic heterocycles. The Morgan fingerprint density at radius 2 is 2.07 bits per heavy atom. The maximum absolute atomic E-state index is 9.06. The van der Waals surface area contributed by atoms with E-state index in [0.29, 0.717) is 0 Å². The van der Waals surface area contributed by atoms with Crippen molar-refractivity contribution in [3.8, 4) is 6.07 Å². The monoisotopic (exact) mass is 189 g/mol. The van der Waals surface area contributed by atoms with Crippen molar-refractivity contribution in [2.24, 2.45) is 0 Å². The van der Waals surface area contributed by atoms with E-state index in [-0.39, 0.29) is 0 Å². The van der Waals surface area contributed by atoms with Gasteiger partial charge in [0.05, 0.1) is 11.5 Å². The first kappa shape index (κ1) is 10.5. The molecule has 3 nitrogen and oxygen atoms in total. The van der Waals surface area contributed by atoms with Gasteiger partial charge in [0, 0.05) is 25.9 Å². The van der Waals surface area contributed by atoms with E-state index in [0.717, 1.165) is 11.4 Å². The molecule has 3 heteroatoms. The molecule has 1 heterocycles. The molecule has 0 unspecified atom stereocenters. The molecule has 0 aliphatic heterocycles. The van der Waals surface area contributed by atoms with Crippen molar-refractivity contribution in [2.45, 2.75) is 19.3 Å². The van der Waals surface area contributed by atoms with Gasteiger partial charge in [-0.25, -0.2) is 4.98 Å². The highest BCUT2D eigenvalue weighted by Crippen LogP contribution is 2.28. The van der Waals surface area contributed by atoms with Gasteiger partial charge in [0.15, 0.2) is 0 Å². The summed E-state index contributed by atoms with van der Waals surface area (Å²) in [7, 11) is 3.86. The fourth-order valence-electron chi connectivity index (χ4n) is 1.30. The van der Waals surface area contributed by atoms with Gasteiger partial charge in [0.1, 0.15) is 5.82 Å². The molecule has 0 amide bonds. The second-order valence-corrected chi connectivity index (χ2v) is 4.01. The third-order valence-corrected chi connectivity index (χ3v) is 2.16. The predicted octanol–water partition coefficient (Wildman–Crippen LogP) is 1.95. The number of nitrogens with zero attached hydrogens (tertiary/aromatic N) is 3. The maximum Gasteiger partial charge on any atom is 0.132 e. The van der Waals surface area contributed by atoms with Crippen LogP contribution >= 0.6 is 0 Å². The van der Waals surface area contributed by atoms with Gasteiger partial charge >= 0.3 is 0 Å². The van der Waals surface area contributed by atoms with Crippen LogP contribution in [-0.2, 0) is 5.41 Å². The molecule has 0 spiro atoms. The number of aromatic nitrogens is 1. The zero-order chi connectivity index (χ0) is 10.8. The highest BCUT2D eigenvalue weighted by Gasteiger charge is 2.24. The molecule has 0 aromatic carbocycles. The third kappa shape index (κ3) is 1.85. The molecular formula is C11H15N3. The average molecular weight is 189 g/mol. The second kappa shape index (κ2) is 3.67. The van der Waals surface area contributed by atoms with Gasteiger partial charge < -0.3 is 4.90 Å². The van der Waals surface area contributed by atoms with Crippen LogP contribution in [0.5, 0.6) is 0 Å². The topological polar surface area (TPSA) is 39.9 Å². The molecule has 0 bridgehead atoms. The van der Waals surface area contributed by atoms with Crippen LogP contribution in [0, 0.1) is 11.3 Å². The summed E-state index contributed by atoms with van der Waals surface area (Å²) >= 11 is 0. The van der Waals surface area contributed by atoms with E-state index in [1.54, 1.807) is 6.20 Å². The minimum atomic E-state index is -0.492. The first-order valence-electron chi connectivity index (χ1n) is 4.53. The lowest BCUT2D eigenvalue weighted by atomic mass is 9.86. The molecule has 1 rings (SSSR count). The number of anilines is 1. The van der Waals surface area contributed by atoms with Gasteiger partial charge in [0.2, 0.25) is 0 Å². The number of rotatable bonds is 2. The standard InChI is InChI=1S/C11H15N3/c1-11(2,8-12)9-6-5-7-13-10(9)14(3)4/h5-7H,1-4H3. The first-order chi connectivity index (χ1) is 6.49. The van der Waals surface area contributed by atoms with E-state index in [4.69, 9.17) is 5.26 Å². The van der Waals surface area contributed by atoms with Crippen molar-refractivity contribution in [3.05, 3.63) is 23.9 Å². The van der Waals surface area contributed by atoms with Crippen LogP contribution in [0.2, 0.25) is 0 Å². The number of pyridine rings is 1. The summed E-state index contributed by atoms with van der Waals surface area (Å²) in [5, 5.41) is 9.06. The van der Waals surface area contributed by atoms with E-state index in [1.165, 1.54) is 0 Å². The number of hydrogen-bond acceptors (Lipinski definition) is 3. The smallest absolute Gasteiger partial charge is 0.132 e. The van der Waals surface area contributed by atoms with Gasteiger partial charge in [-0.3, -0.25) is 0 Å². The van der Waals surface area contributed by atoms with Crippen molar-refractivity contribution in [1.29, 1.82) is 5.26 Å². The third-order valence-electron chi connectivity index (χ3n) is 2.16. The zero-order valence-electron chi connectivity index (χ0n) is 9.07. The fraction of sp³-hybridized carbons (Fsp3) is 0.455. The van der Waals surface area contributed by atoms with Crippen LogP contribution in [-0.4, -0.2) is 19.1 Å². The summed E-state index contributed by atoms with van der Waals surface area (Å²) < 4.78 is 0. The summed E-state index contributed by atoms with van der Waals surface area (Å²) in [5.41, 5.74) is 0.473. The Morgan fingerprint density at radius 3 is 2.57 bits per heavy atom. The van der Waals surface area contributed by atoms with Crippen molar-refractivity contribution in [1.82, 2.24) is 4.98 Å². The van der Waals surface area contributed by atoms with Crippen molar-refractivity contribution < 1.29 is 0 Å². The van der Waals surface area contributed by atoms with Gasteiger partial charge in [-0.2, -0.15) is 5.26 Å². The number of nitriles is 1. The van der Waals surface area contributed by atoms with Crippen LogP contribution in [0.1, 0.15) is 19.4 Å². The van der Waals surface area contributed by atoms with Crippen molar-refractivity contribution in [2.75, 3.05) is 19.0 Å². The number of hydrogen-bond donors (Lipinski definition) is 0. The van der Waals surface area contributed by atoms with Gasteiger partial charge in [-0.1, -0.05) is 6.07 Å². The molecule has 0 fully saturated rings. The van der Waals surface area contributed by atoms with Gasteiger partial charge in [-0.15, -0.1) is 0 Å². The quantitative estimate of drug-likeness (QED) is 0.714. The fourth-order valence-corrected chi connectivity index (χ4v) is 1.30. The average Bonchev–Trinajstić information content (AvgIpc) is 2.18.